The average Bonchev–Trinajstić information content (AvgIpc) is 3.17. The van der Waals surface area contributed by atoms with Crippen molar-refractivity contribution in [3.63, 3.8) is 0 Å². The van der Waals surface area contributed by atoms with Gasteiger partial charge in [0.25, 0.3) is 0 Å². The van der Waals surface area contributed by atoms with E-state index in [0.717, 1.165) is 28.6 Å². The molecule has 7 heteroatoms. The van der Waals surface area contributed by atoms with E-state index in [1.165, 1.54) is 0 Å². The van der Waals surface area contributed by atoms with Gasteiger partial charge in [-0.1, -0.05) is 24.2 Å². The summed E-state index contributed by atoms with van der Waals surface area (Å²) >= 11 is 0. The Bertz CT molecular complexity index is 1100. The molecule has 0 aliphatic heterocycles. The Hall–Kier alpha value is -3.74. The molecule has 7 nitrogen and oxygen atoms in total. The van der Waals surface area contributed by atoms with Gasteiger partial charge in [-0.25, -0.2) is 0 Å². The smallest absolute Gasteiger partial charge is 0.230 e. The lowest BCUT2D eigenvalue weighted by Gasteiger charge is -2.09. The van der Waals surface area contributed by atoms with Gasteiger partial charge in [0, 0.05) is 31.1 Å². The summed E-state index contributed by atoms with van der Waals surface area (Å²) in [5.74, 6) is 2.36. The van der Waals surface area contributed by atoms with Crippen molar-refractivity contribution < 1.29 is 14.1 Å². The lowest BCUT2D eigenvalue weighted by molar-refractivity contribution is -0.115. The maximum Gasteiger partial charge on any atom is 0.230 e. The summed E-state index contributed by atoms with van der Waals surface area (Å²) in [4.78, 5) is 20.6. The second-order valence-corrected chi connectivity index (χ2v) is 6.20. The first-order valence-electron chi connectivity index (χ1n) is 8.92. The molecular formula is C21H18N4O3. The van der Waals surface area contributed by atoms with E-state index in [1.807, 2.05) is 37.3 Å². The minimum atomic E-state index is -0.157. The van der Waals surface area contributed by atoms with E-state index in [1.54, 1.807) is 30.7 Å². The number of fused-ring (bicyclic) bond motifs is 1. The number of benzene rings is 1. The molecule has 0 saturated carbocycles. The van der Waals surface area contributed by atoms with Crippen LogP contribution in [0, 0.1) is 0 Å². The summed E-state index contributed by atoms with van der Waals surface area (Å²) in [6.07, 6.45) is 6.08. The van der Waals surface area contributed by atoms with E-state index in [0.29, 0.717) is 17.3 Å². The van der Waals surface area contributed by atoms with E-state index in [4.69, 9.17) is 9.26 Å². The molecule has 0 unspecified atom stereocenters. The molecule has 0 aliphatic carbocycles. The van der Waals surface area contributed by atoms with Crippen molar-refractivity contribution >= 4 is 22.6 Å². The summed E-state index contributed by atoms with van der Waals surface area (Å²) in [5.41, 5.74) is 1.69. The fraction of sp³-hybridized carbons (Fsp3) is 0.143. The van der Waals surface area contributed by atoms with Crippen molar-refractivity contribution in [1.29, 1.82) is 0 Å². The first-order chi connectivity index (χ1) is 13.7. The molecule has 1 aromatic carbocycles. The molecule has 3 heterocycles. The topological polar surface area (TPSA) is 90.1 Å². The number of anilines is 1. The molecule has 0 bridgehead atoms. The first-order valence-corrected chi connectivity index (χ1v) is 8.92. The number of carbonyl (C=O) groups excluding carboxylic acids is 1. The Morgan fingerprint density at radius 2 is 2.00 bits per heavy atom. The van der Waals surface area contributed by atoms with Crippen molar-refractivity contribution in [1.82, 2.24) is 15.1 Å². The number of ether oxygens (including phenoxy) is 1. The Morgan fingerprint density at radius 1 is 1.14 bits per heavy atom. The highest BCUT2D eigenvalue weighted by atomic mass is 16.5. The quantitative estimate of drug-likeness (QED) is 0.545. The van der Waals surface area contributed by atoms with Gasteiger partial charge in [-0.3, -0.25) is 14.8 Å². The van der Waals surface area contributed by atoms with Crippen LogP contribution in [-0.2, 0) is 17.6 Å². The molecule has 28 heavy (non-hydrogen) atoms. The highest BCUT2D eigenvalue weighted by molar-refractivity contribution is 5.91. The Balaban J connectivity index is 1.41. The fourth-order valence-electron chi connectivity index (χ4n) is 2.77. The molecule has 140 valence electrons. The van der Waals surface area contributed by atoms with Crippen LogP contribution in [0.25, 0.3) is 10.9 Å². The predicted octanol–water partition coefficient (Wildman–Crippen LogP) is 4.15. The average molecular weight is 374 g/mol. The Morgan fingerprint density at radius 3 is 2.79 bits per heavy atom. The second-order valence-electron chi connectivity index (χ2n) is 6.20. The number of carbonyl (C=O) groups is 1. The van der Waals surface area contributed by atoms with Crippen LogP contribution in [0.15, 0.2) is 65.6 Å². The highest BCUT2D eigenvalue weighted by Crippen LogP contribution is 2.28. The van der Waals surface area contributed by atoms with Crippen molar-refractivity contribution in [2.24, 2.45) is 0 Å². The number of rotatable bonds is 6. The van der Waals surface area contributed by atoms with Gasteiger partial charge in [0.15, 0.2) is 5.82 Å². The minimum absolute atomic E-state index is 0.157. The van der Waals surface area contributed by atoms with Crippen LogP contribution in [0.1, 0.15) is 18.2 Å². The monoisotopic (exact) mass is 374 g/mol. The van der Waals surface area contributed by atoms with Gasteiger partial charge in [0.1, 0.15) is 17.3 Å². The van der Waals surface area contributed by atoms with Crippen molar-refractivity contribution in [2.75, 3.05) is 5.32 Å². The summed E-state index contributed by atoms with van der Waals surface area (Å²) in [6.45, 7) is 1.96. The largest absolute Gasteiger partial charge is 0.457 e. The number of aryl methyl sites for hydroxylation is 1. The number of hydrogen-bond donors (Lipinski definition) is 1. The zero-order chi connectivity index (χ0) is 19.3. The predicted molar refractivity (Wildman–Crippen MR) is 104 cm³/mol. The van der Waals surface area contributed by atoms with Crippen LogP contribution in [0.5, 0.6) is 11.5 Å². The highest BCUT2D eigenvalue weighted by Gasteiger charge is 2.09. The molecule has 3 aromatic heterocycles. The molecule has 0 radical (unpaired) electrons. The fourth-order valence-corrected chi connectivity index (χ4v) is 2.77. The molecule has 0 atom stereocenters. The third kappa shape index (κ3) is 3.98. The molecule has 0 saturated heterocycles. The summed E-state index contributed by atoms with van der Waals surface area (Å²) in [6, 6.07) is 12.7. The molecule has 0 spiro atoms. The van der Waals surface area contributed by atoms with Crippen molar-refractivity contribution in [3.8, 4) is 11.5 Å². The third-order valence-corrected chi connectivity index (χ3v) is 4.19. The van der Waals surface area contributed by atoms with Gasteiger partial charge in [-0.05, 0) is 29.8 Å². The van der Waals surface area contributed by atoms with Gasteiger partial charge in [0.05, 0.1) is 17.3 Å². The van der Waals surface area contributed by atoms with Gasteiger partial charge in [-0.2, -0.15) is 0 Å². The van der Waals surface area contributed by atoms with Gasteiger partial charge >= 0.3 is 0 Å². The SMILES string of the molecule is CCc1cc(NC(=O)Cc2ccc(Oc3ccnc4ccncc34)cc2)no1. The van der Waals surface area contributed by atoms with E-state index in [-0.39, 0.29) is 12.3 Å². The molecule has 4 rings (SSSR count). The normalized spacial score (nSPS) is 10.8. The van der Waals surface area contributed by atoms with Crippen LogP contribution < -0.4 is 10.1 Å². The van der Waals surface area contributed by atoms with E-state index in [2.05, 4.69) is 20.4 Å². The van der Waals surface area contributed by atoms with Crippen molar-refractivity contribution in [2.45, 2.75) is 19.8 Å². The summed E-state index contributed by atoms with van der Waals surface area (Å²) in [7, 11) is 0. The lowest BCUT2D eigenvalue weighted by atomic mass is 10.1. The number of amides is 1. The molecule has 4 aromatic rings. The maximum atomic E-state index is 12.2. The summed E-state index contributed by atoms with van der Waals surface area (Å²) in [5, 5.41) is 7.39. The summed E-state index contributed by atoms with van der Waals surface area (Å²) < 4.78 is 11.0. The number of nitrogens with one attached hydrogen (secondary N) is 1. The number of nitrogens with zero attached hydrogens (tertiary/aromatic N) is 3. The number of pyridine rings is 2. The van der Waals surface area contributed by atoms with Crippen LogP contribution in [0.4, 0.5) is 5.82 Å². The third-order valence-electron chi connectivity index (χ3n) is 4.19. The molecular weight excluding hydrogens is 356 g/mol. The zero-order valence-corrected chi connectivity index (χ0v) is 15.3. The lowest BCUT2D eigenvalue weighted by Crippen LogP contribution is -2.14. The van der Waals surface area contributed by atoms with Crippen LogP contribution in [0.2, 0.25) is 0 Å². The van der Waals surface area contributed by atoms with Crippen LogP contribution in [0.3, 0.4) is 0 Å². The van der Waals surface area contributed by atoms with Gasteiger partial charge < -0.3 is 14.6 Å². The molecule has 1 N–H and O–H groups in total. The van der Waals surface area contributed by atoms with Gasteiger partial charge in [0.2, 0.25) is 5.91 Å². The minimum Gasteiger partial charge on any atom is -0.457 e. The molecule has 0 aliphatic rings. The van der Waals surface area contributed by atoms with E-state index in [9.17, 15) is 4.79 Å². The standard InChI is InChI=1S/C21H18N4O3/c1-2-15-12-20(25-28-15)24-21(26)11-14-3-5-16(6-4-14)27-19-8-10-23-18-7-9-22-13-17(18)19/h3-10,12-13H,2,11H2,1H3,(H,24,25,26). The van der Waals surface area contributed by atoms with Crippen molar-refractivity contribution in [3.05, 3.63) is 72.4 Å². The molecule has 1 amide bonds. The van der Waals surface area contributed by atoms with Gasteiger partial charge in [-0.15, -0.1) is 0 Å². The number of hydrogen-bond acceptors (Lipinski definition) is 6. The molecule has 0 fully saturated rings. The van der Waals surface area contributed by atoms with Crippen LogP contribution in [-0.4, -0.2) is 21.0 Å². The van der Waals surface area contributed by atoms with E-state index < -0.39 is 0 Å². The number of aromatic nitrogens is 3. The Kier molecular flexibility index (Phi) is 4.97. The van der Waals surface area contributed by atoms with Crippen LogP contribution >= 0.6 is 0 Å². The first kappa shape index (κ1) is 17.7. The second kappa shape index (κ2) is 7.87. The Labute approximate surface area is 161 Å². The zero-order valence-electron chi connectivity index (χ0n) is 15.3. The van der Waals surface area contributed by atoms with E-state index >= 15 is 0 Å². The maximum absolute atomic E-state index is 12.2.